The van der Waals surface area contributed by atoms with Crippen molar-refractivity contribution in [2.24, 2.45) is 5.73 Å². The highest BCUT2D eigenvalue weighted by molar-refractivity contribution is 5.77. The van der Waals surface area contributed by atoms with Gasteiger partial charge in [0.15, 0.2) is 0 Å². The first-order chi connectivity index (χ1) is 6.99. The number of rotatable bonds is 7. The van der Waals surface area contributed by atoms with Crippen molar-refractivity contribution in [1.29, 1.82) is 0 Å². The van der Waals surface area contributed by atoms with Gasteiger partial charge in [-0.1, -0.05) is 13.8 Å². The topological polar surface area (TPSA) is 64.3 Å². The van der Waals surface area contributed by atoms with Crippen LogP contribution in [0.1, 0.15) is 40.5 Å². The molecule has 0 radical (unpaired) electrons. The Kier molecular flexibility index (Phi) is 6.52. The summed E-state index contributed by atoms with van der Waals surface area (Å²) in [6, 6.07) is 0.150. The molecule has 0 aliphatic heterocycles. The summed E-state index contributed by atoms with van der Waals surface area (Å²) in [4.78, 5) is 11.4. The largest absolute Gasteiger partial charge is 0.364 e. The Labute approximate surface area is 92.6 Å². The van der Waals surface area contributed by atoms with E-state index in [4.69, 9.17) is 10.5 Å². The number of nitrogens with one attached hydrogen (secondary N) is 1. The van der Waals surface area contributed by atoms with Gasteiger partial charge in [-0.05, 0) is 26.7 Å². The molecule has 0 aromatic heterocycles. The van der Waals surface area contributed by atoms with Gasteiger partial charge >= 0.3 is 0 Å². The van der Waals surface area contributed by atoms with Crippen LogP contribution < -0.4 is 11.1 Å². The molecule has 0 aromatic rings. The second-order valence-electron chi connectivity index (χ2n) is 4.11. The molecule has 0 rings (SSSR count). The van der Waals surface area contributed by atoms with E-state index < -0.39 is 0 Å². The maximum absolute atomic E-state index is 11.4. The van der Waals surface area contributed by atoms with Crippen LogP contribution in [0.3, 0.4) is 0 Å². The highest BCUT2D eigenvalue weighted by Crippen LogP contribution is 2.18. The predicted molar refractivity (Wildman–Crippen MR) is 61.6 cm³/mol. The summed E-state index contributed by atoms with van der Waals surface area (Å²) in [5.41, 5.74) is 5.32. The molecule has 0 bridgehead atoms. The Morgan fingerprint density at radius 1 is 1.40 bits per heavy atom. The summed E-state index contributed by atoms with van der Waals surface area (Å²) in [6.45, 7) is 8.45. The quantitative estimate of drug-likeness (QED) is 0.668. The first kappa shape index (κ1) is 14.4. The third-order valence-corrected chi connectivity index (χ3v) is 2.62. The summed E-state index contributed by atoms with van der Waals surface area (Å²) in [6.07, 6.45) is 1.66. The lowest BCUT2D eigenvalue weighted by molar-refractivity contribution is -0.133. The zero-order valence-electron chi connectivity index (χ0n) is 10.3. The molecular weight excluding hydrogens is 192 g/mol. The molecule has 0 fully saturated rings. The van der Waals surface area contributed by atoms with E-state index in [0.717, 1.165) is 12.8 Å². The van der Waals surface area contributed by atoms with Gasteiger partial charge in [0.05, 0.1) is 5.60 Å². The van der Waals surface area contributed by atoms with Crippen LogP contribution in [0.5, 0.6) is 0 Å². The number of carbonyl (C=O) groups excluding carboxylic acids is 1. The van der Waals surface area contributed by atoms with Crippen molar-refractivity contribution in [3.05, 3.63) is 0 Å². The van der Waals surface area contributed by atoms with Gasteiger partial charge in [-0.15, -0.1) is 0 Å². The van der Waals surface area contributed by atoms with Gasteiger partial charge in [-0.3, -0.25) is 4.79 Å². The second-order valence-corrected chi connectivity index (χ2v) is 4.11. The van der Waals surface area contributed by atoms with Gasteiger partial charge in [0.1, 0.15) is 6.61 Å². The predicted octanol–water partition coefficient (Wildman–Crippen LogP) is 1.05. The average Bonchev–Trinajstić information content (AvgIpc) is 2.20. The van der Waals surface area contributed by atoms with Gasteiger partial charge in [-0.2, -0.15) is 0 Å². The zero-order valence-corrected chi connectivity index (χ0v) is 10.3. The molecule has 0 saturated heterocycles. The van der Waals surface area contributed by atoms with Crippen molar-refractivity contribution < 1.29 is 9.53 Å². The first-order valence-electron chi connectivity index (χ1n) is 5.63. The van der Waals surface area contributed by atoms with Crippen molar-refractivity contribution >= 4 is 5.91 Å². The number of carbonyl (C=O) groups is 1. The Bertz CT molecular complexity index is 181. The van der Waals surface area contributed by atoms with Crippen LogP contribution >= 0.6 is 0 Å². The van der Waals surface area contributed by atoms with Crippen molar-refractivity contribution in [2.75, 3.05) is 13.2 Å². The van der Waals surface area contributed by atoms with Crippen LogP contribution in [0.2, 0.25) is 0 Å². The molecular formula is C11H24N2O2. The van der Waals surface area contributed by atoms with E-state index in [-0.39, 0.29) is 24.2 Å². The van der Waals surface area contributed by atoms with Crippen LogP contribution in [-0.4, -0.2) is 30.7 Å². The minimum atomic E-state index is -0.339. The Balaban J connectivity index is 4.05. The molecule has 0 unspecified atom stereocenters. The minimum absolute atomic E-state index is 0.0790. The molecule has 0 aliphatic carbocycles. The second kappa shape index (κ2) is 6.80. The van der Waals surface area contributed by atoms with Crippen molar-refractivity contribution in [2.45, 2.75) is 52.2 Å². The van der Waals surface area contributed by atoms with E-state index >= 15 is 0 Å². The van der Waals surface area contributed by atoms with Crippen molar-refractivity contribution in [1.82, 2.24) is 5.32 Å². The van der Waals surface area contributed by atoms with Gasteiger partial charge in [0.25, 0.3) is 0 Å². The molecule has 90 valence electrons. The van der Waals surface area contributed by atoms with Crippen LogP contribution in [0, 0.1) is 0 Å². The molecule has 3 N–H and O–H groups in total. The van der Waals surface area contributed by atoms with E-state index in [1.165, 1.54) is 0 Å². The molecule has 1 amide bonds. The van der Waals surface area contributed by atoms with E-state index in [1.807, 2.05) is 27.7 Å². The molecule has 0 heterocycles. The number of hydrogen-bond donors (Lipinski definition) is 2. The summed E-state index contributed by atoms with van der Waals surface area (Å²) >= 11 is 0. The van der Waals surface area contributed by atoms with E-state index in [0.29, 0.717) is 6.54 Å². The standard InChI is InChI=1S/C11H24N2O2/c1-5-11(6-2,8-12)15-7-10(14)13-9(3)4/h9H,5-8,12H2,1-4H3,(H,13,14). The third-order valence-electron chi connectivity index (χ3n) is 2.62. The normalized spacial score (nSPS) is 11.9. The smallest absolute Gasteiger partial charge is 0.246 e. The maximum atomic E-state index is 11.4. The first-order valence-corrected chi connectivity index (χ1v) is 5.63. The van der Waals surface area contributed by atoms with Gasteiger partial charge in [0.2, 0.25) is 5.91 Å². The summed E-state index contributed by atoms with van der Waals surface area (Å²) < 4.78 is 5.60. The third kappa shape index (κ3) is 5.14. The van der Waals surface area contributed by atoms with Crippen LogP contribution in [0.4, 0.5) is 0 Å². The van der Waals surface area contributed by atoms with E-state index in [9.17, 15) is 4.79 Å². The zero-order chi connectivity index (χ0) is 11.9. The summed E-state index contributed by atoms with van der Waals surface area (Å²) in [7, 11) is 0. The fraction of sp³-hybridized carbons (Fsp3) is 0.909. The Hall–Kier alpha value is -0.610. The summed E-state index contributed by atoms with van der Waals surface area (Å²) in [5, 5.41) is 2.78. The van der Waals surface area contributed by atoms with Gasteiger partial charge < -0.3 is 15.8 Å². The van der Waals surface area contributed by atoms with Crippen LogP contribution in [0.15, 0.2) is 0 Å². The fourth-order valence-electron chi connectivity index (χ4n) is 1.38. The van der Waals surface area contributed by atoms with Crippen molar-refractivity contribution in [3.8, 4) is 0 Å². The molecule has 0 spiro atoms. The lowest BCUT2D eigenvalue weighted by Gasteiger charge is -2.30. The highest BCUT2D eigenvalue weighted by Gasteiger charge is 2.25. The van der Waals surface area contributed by atoms with Crippen molar-refractivity contribution in [3.63, 3.8) is 0 Å². The van der Waals surface area contributed by atoms with Crippen LogP contribution in [0.25, 0.3) is 0 Å². The molecule has 4 nitrogen and oxygen atoms in total. The number of hydrogen-bond acceptors (Lipinski definition) is 3. The molecule has 0 aliphatic rings. The Morgan fingerprint density at radius 3 is 2.27 bits per heavy atom. The number of nitrogens with two attached hydrogens (primary N) is 1. The Morgan fingerprint density at radius 2 is 1.93 bits per heavy atom. The molecule has 0 atom stereocenters. The molecule has 15 heavy (non-hydrogen) atoms. The van der Waals surface area contributed by atoms with E-state index in [2.05, 4.69) is 5.32 Å². The number of ether oxygens (including phenoxy) is 1. The van der Waals surface area contributed by atoms with Gasteiger partial charge in [0, 0.05) is 12.6 Å². The molecule has 0 aromatic carbocycles. The van der Waals surface area contributed by atoms with Gasteiger partial charge in [-0.25, -0.2) is 0 Å². The maximum Gasteiger partial charge on any atom is 0.246 e. The SMILES string of the molecule is CCC(CC)(CN)OCC(=O)NC(C)C. The minimum Gasteiger partial charge on any atom is -0.364 e. The van der Waals surface area contributed by atoms with E-state index in [1.54, 1.807) is 0 Å². The lowest BCUT2D eigenvalue weighted by atomic mass is 9.97. The number of amides is 1. The molecule has 0 saturated carbocycles. The monoisotopic (exact) mass is 216 g/mol. The lowest BCUT2D eigenvalue weighted by Crippen LogP contribution is -2.43. The fourth-order valence-corrected chi connectivity index (χ4v) is 1.38. The average molecular weight is 216 g/mol. The molecule has 4 heteroatoms. The highest BCUT2D eigenvalue weighted by atomic mass is 16.5. The van der Waals surface area contributed by atoms with Crippen LogP contribution in [-0.2, 0) is 9.53 Å². The summed E-state index contributed by atoms with van der Waals surface area (Å²) in [5.74, 6) is -0.0790.